The van der Waals surface area contributed by atoms with Crippen molar-refractivity contribution < 1.29 is 9.90 Å². The number of pyridine rings is 1. The van der Waals surface area contributed by atoms with E-state index in [2.05, 4.69) is 4.98 Å². The van der Waals surface area contributed by atoms with Gasteiger partial charge in [-0.1, -0.05) is 0 Å². The van der Waals surface area contributed by atoms with E-state index in [0.717, 1.165) is 4.70 Å². The Morgan fingerprint density at radius 3 is 2.80 bits per heavy atom. The molecule has 0 atom stereocenters. The predicted octanol–water partition coefficient (Wildman–Crippen LogP) is 2.11. The van der Waals surface area contributed by atoms with Crippen LogP contribution in [0.3, 0.4) is 0 Å². The first-order valence-electron chi connectivity index (χ1n) is 6.48. The van der Waals surface area contributed by atoms with Crippen molar-refractivity contribution in [2.45, 2.75) is 26.4 Å². The number of nitrogens with two attached hydrogens (primary N) is 1. The van der Waals surface area contributed by atoms with E-state index >= 15 is 0 Å². The minimum absolute atomic E-state index is 0.157. The van der Waals surface area contributed by atoms with Gasteiger partial charge in [0.05, 0.1) is 16.0 Å². The van der Waals surface area contributed by atoms with Gasteiger partial charge in [-0.3, -0.25) is 9.78 Å². The van der Waals surface area contributed by atoms with Gasteiger partial charge >= 0.3 is 0 Å². The quantitative estimate of drug-likeness (QED) is 0.905. The van der Waals surface area contributed by atoms with Gasteiger partial charge in [0.15, 0.2) is 0 Å². The molecule has 0 fully saturated rings. The van der Waals surface area contributed by atoms with E-state index < -0.39 is 5.60 Å². The average molecular weight is 293 g/mol. The summed E-state index contributed by atoms with van der Waals surface area (Å²) >= 11 is 1.34. The molecule has 0 radical (unpaired) electrons. The number of rotatable bonds is 4. The number of nitrogen functional groups attached to an aromatic ring is 1. The van der Waals surface area contributed by atoms with Crippen LogP contribution in [0.5, 0.6) is 0 Å². The summed E-state index contributed by atoms with van der Waals surface area (Å²) < 4.78 is 0.896. The lowest BCUT2D eigenvalue weighted by atomic mass is 10.1. The molecule has 2 aromatic rings. The highest BCUT2D eigenvalue weighted by Gasteiger charge is 2.25. The molecular formula is C14H19N3O2S. The van der Waals surface area contributed by atoms with Gasteiger partial charge in [0.2, 0.25) is 0 Å². The molecule has 0 bridgehead atoms. The van der Waals surface area contributed by atoms with Crippen molar-refractivity contribution in [2.75, 3.05) is 18.8 Å². The SMILES string of the molecule is CCN(CC(C)(C)O)C(=O)c1sc2cccnc2c1N. The Kier molecular flexibility index (Phi) is 3.96. The van der Waals surface area contributed by atoms with Crippen LogP contribution in [0.15, 0.2) is 18.3 Å². The molecule has 2 heterocycles. The highest BCUT2D eigenvalue weighted by molar-refractivity contribution is 7.21. The second-order valence-corrected chi connectivity index (χ2v) is 6.38. The number of fused-ring (bicyclic) bond motifs is 1. The van der Waals surface area contributed by atoms with Crippen molar-refractivity contribution in [3.8, 4) is 0 Å². The molecule has 20 heavy (non-hydrogen) atoms. The van der Waals surface area contributed by atoms with Crippen molar-refractivity contribution in [3.63, 3.8) is 0 Å². The Hall–Kier alpha value is -1.66. The molecule has 5 nitrogen and oxygen atoms in total. The zero-order chi connectivity index (χ0) is 14.9. The summed E-state index contributed by atoms with van der Waals surface area (Å²) in [5.41, 5.74) is 6.19. The number of amides is 1. The fraction of sp³-hybridized carbons (Fsp3) is 0.429. The summed E-state index contributed by atoms with van der Waals surface area (Å²) in [5, 5.41) is 9.89. The lowest BCUT2D eigenvalue weighted by molar-refractivity contribution is 0.0318. The minimum atomic E-state index is -0.935. The third-order valence-corrected chi connectivity index (χ3v) is 4.07. The normalized spacial score (nSPS) is 11.8. The summed E-state index contributed by atoms with van der Waals surface area (Å²) in [6.07, 6.45) is 1.66. The Balaban J connectivity index is 2.37. The molecule has 0 saturated carbocycles. The van der Waals surface area contributed by atoms with Gasteiger partial charge in [-0.15, -0.1) is 11.3 Å². The zero-order valence-electron chi connectivity index (χ0n) is 11.9. The van der Waals surface area contributed by atoms with Crippen LogP contribution in [-0.2, 0) is 0 Å². The number of carbonyl (C=O) groups is 1. The fourth-order valence-corrected chi connectivity index (χ4v) is 3.09. The lowest BCUT2D eigenvalue weighted by Gasteiger charge is -2.27. The molecule has 0 aliphatic rings. The van der Waals surface area contributed by atoms with Gasteiger partial charge in [-0.25, -0.2) is 0 Å². The van der Waals surface area contributed by atoms with Crippen LogP contribution in [0, 0.1) is 0 Å². The summed E-state index contributed by atoms with van der Waals surface area (Å²) in [6, 6.07) is 3.72. The summed E-state index contributed by atoms with van der Waals surface area (Å²) in [6.45, 7) is 6.02. The number of thiophene rings is 1. The van der Waals surface area contributed by atoms with Crippen LogP contribution < -0.4 is 5.73 Å². The monoisotopic (exact) mass is 293 g/mol. The number of likely N-dealkylation sites (N-methyl/N-ethyl adjacent to an activating group) is 1. The highest BCUT2D eigenvalue weighted by Crippen LogP contribution is 2.32. The second-order valence-electron chi connectivity index (χ2n) is 5.33. The van der Waals surface area contributed by atoms with Gasteiger partial charge in [0.1, 0.15) is 10.4 Å². The zero-order valence-corrected chi connectivity index (χ0v) is 12.7. The van der Waals surface area contributed by atoms with Crippen molar-refractivity contribution in [2.24, 2.45) is 0 Å². The molecule has 0 aliphatic heterocycles. The van der Waals surface area contributed by atoms with Crippen LogP contribution in [0.2, 0.25) is 0 Å². The molecule has 6 heteroatoms. The summed E-state index contributed by atoms with van der Waals surface area (Å²) in [4.78, 5) is 18.9. The van der Waals surface area contributed by atoms with Crippen molar-refractivity contribution in [3.05, 3.63) is 23.2 Å². The molecule has 2 aromatic heterocycles. The highest BCUT2D eigenvalue weighted by atomic mass is 32.1. The first kappa shape index (κ1) is 14.7. The van der Waals surface area contributed by atoms with E-state index in [1.807, 2.05) is 19.1 Å². The molecule has 2 rings (SSSR count). The topological polar surface area (TPSA) is 79.5 Å². The van der Waals surface area contributed by atoms with Gasteiger partial charge in [0.25, 0.3) is 5.91 Å². The number of carbonyl (C=O) groups excluding carboxylic acids is 1. The number of hydrogen-bond acceptors (Lipinski definition) is 5. The van der Waals surface area contributed by atoms with Crippen LogP contribution in [-0.4, -0.2) is 39.6 Å². The number of hydrogen-bond donors (Lipinski definition) is 2. The minimum Gasteiger partial charge on any atom is -0.396 e. The summed E-state index contributed by atoms with van der Waals surface area (Å²) in [7, 11) is 0. The van der Waals surface area contributed by atoms with Crippen LogP contribution in [0.1, 0.15) is 30.4 Å². The third-order valence-electron chi connectivity index (χ3n) is 2.92. The molecule has 108 valence electrons. The van der Waals surface area contributed by atoms with E-state index in [9.17, 15) is 9.90 Å². The van der Waals surface area contributed by atoms with E-state index in [0.29, 0.717) is 22.6 Å². The Morgan fingerprint density at radius 1 is 1.55 bits per heavy atom. The largest absolute Gasteiger partial charge is 0.396 e. The lowest BCUT2D eigenvalue weighted by Crippen LogP contribution is -2.42. The first-order chi connectivity index (χ1) is 9.33. The maximum atomic E-state index is 12.6. The molecule has 0 unspecified atom stereocenters. The van der Waals surface area contributed by atoms with Gasteiger partial charge in [-0.05, 0) is 32.9 Å². The molecule has 1 amide bonds. The van der Waals surface area contributed by atoms with E-state index in [4.69, 9.17) is 5.73 Å². The van der Waals surface area contributed by atoms with Crippen molar-refractivity contribution in [1.82, 2.24) is 9.88 Å². The Bertz CT molecular complexity index is 631. The molecule has 0 aliphatic carbocycles. The number of aliphatic hydroxyl groups is 1. The van der Waals surface area contributed by atoms with Crippen molar-refractivity contribution in [1.29, 1.82) is 0 Å². The number of nitrogens with zero attached hydrogens (tertiary/aromatic N) is 2. The first-order valence-corrected chi connectivity index (χ1v) is 7.30. The smallest absolute Gasteiger partial charge is 0.266 e. The van der Waals surface area contributed by atoms with E-state index in [-0.39, 0.29) is 12.5 Å². The van der Waals surface area contributed by atoms with Gasteiger partial charge in [0, 0.05) is 19.3 Å². The fourth-order valence-electron chi connectivity index (χ4n) is 2.04. The number of aromatic nitrogens is 1. The van der Waals surface area contributed by atoms with E-state index in [1.54, 1.807) is 24.9 Å². The Morgan fingerprint density at radius 2 is 2.25 bits per heavy atom. The van der Waals surface area contributed by atoms with Gasteiger partial charge < -0.3 is 15.7 Å². The Labute approximate surface area is 122 Å². The number of anilines is 1. The third kappa shape index (κ3) is 2.91. The molecule has 0 saturated heterocycles. The predicted molar refractivity (Wildman–Crippen MR) is 81.9 cm³/mol. The van der Waals surface area contributed by atoms with Crippen LogP contribution in [0.4, 0.5) is 5.69 Å². The molecule has 0 aromatic carbocycles. The van der Waals surface area contributed by atoms with Gasteiger partial charge in [-0.2, -0.15) is 0 Å². The van der Waals surface area contributed by atoms with E-state index in [1.165, 1.54) is 11.3 Å². The molecular weight excluding hydrogens is 274 g/mol. The standard InChI is InChI=1S/C14H19N3O2S/c1-4-17(8-14(2,3)19)13(18)12-10(15)11-9(20-12)6-5-7-16-11/h5-7,19H,4,8,15H2,1-3H3. The summed E-state index contributed by atoms with van der Waals surface area (Å²) in [5.74, 6) is -0.157. The van der Waals surface area contributed by atoms with Crippen LogP contribution >= 0.6 is 11.3 Å². The average Bonchev–Trinajstić information content (AvgIpc) is 2.72. The van der Waals surface area contributed by atoms with Crippen LogP contribution in [0.25, 0.3) is 10.2 Å². The maximum absolute atomic E-state index is 12.6. The molecule has 3 N–H and O–H groups in total. The molecule has 0 spiro atoms. The van der Waals surface area contributed by atoms with Crippen molar-refractivity contribution >= 4 is 33.1 Å². The maximum Gasteiger partial charge on any atom is 0.266 e. The second kappa shape index (κ2) is 5.38.